The van der Waals surface area contributed by atoms with Crippen LogP contribution in [0.15, 0.2) is 34.7 Å². The standard InChI is InChI=1S/C20H23N5O3S/c1-11(9-23-17(26)14-8-12-2-4-13(14)5-3-12)24-18(27)15-10-22-16(25-19(15)28)20-21-6-7-29-20/h2,4,6-7,10-14H,3,5,8-9H2,1H3,(H,23,26)(H,24,27)(H,22,25,28)/t11-,12-,13+,14-/m1/s1. The van der Waals surface area contributed by atoms with E-state index in [2.05, 4.69) is 37.7 Å². The van der Waals surface area contributed by atoms with Crippen LogP contribution in [-0.4, -0.2) is 39.4 Å². The van der Waals surface area contributed by atoms with Gasteiger partial charge in [-0.05, 0) is 38.0 Å². The van der Waals surface area contributed by atoms with E-state index in [1.165, 1.54) is 24.0 Å². The third kappa shape index (κ3) is 4.29. The maximum atomic E-state index is 12.5. The lowest BCUT2D eigenvalue weighted by Crippen LogP contribution is -2.46. The van der Waals surface area contributed by atoms with E-state index >= 15 is 0 Å². The van der Waals surface area contributed by atoms with E-state index in [0.29, 0.717) is 29.2 Å². The highest BCUT2D eigenvalue weighted by Gasteiger charge is 2.36. The number of nitrogens with zero attached hydrogens (tertiary/aromatic N) is 2. The number of hydrogen-bond donors (Lipinski definition) is 3. The Balaban J connectivity index is 1.31. The Morgan fingerprint density at radius 2 is 2.17 bits per heavy atom. The molecule has 2 aromatic heterocycles. The second kappa shape index (κ2) is 8.28. The number of aromatic nitrogens is 3. The summed E-state index contributed by atoms with van der Waals surface area (Å²) in [6, 6.07) is -0.319. The van der Waals surface area contributed by atoms with Gasteiger partial charge < -0.3 is 15.6 Å². The Kier molecular flexibility index (Phi) is 5.57. The summed E-state index contributed by atoms with van der Waals surface area (Å²) in [5.74, 6) is 0.707. The van der Waals surface area contributed by atoms with Crippen LogP contribution in [0.1, 0.15) is 36.5 Å². The van der Waals surface area contributed by atoms with Gasteiger partial charge >= 0.3 is 0 Å². The second-order valence-electron chi connectivity index (χ2n) is 7.66. The van der Waals surface area contributed by atoms with Crippen LogP contribution in [0.3, 0.4) is 0 Å². The molecule has 1 fully saturated rings. The fourth-order valence-electron chi connectivity index (χ4n) is 3.98. The van der Waals surface area contributed by atoms with E-state index in [1.807, 2.05) is 0 Å². The van der Waals surface area contributed by atoms with E-state index in [1.54, 1.807) is 18.5 Å². The van der Waals surface area contributed by atoms with Crippen LogP contribution < -0.4 is 16.2 Å². The van der Waals surface area contributed by atoms with Gasteiger partial charge in [0.15, 0.2) is 10.8 Å². The van der Waals surface area contributed by atoms with Gasteiger partial charge in [0.05, 0.1) is 0 Å². The Morgan fingerprint density at radius 1 is 1.31 bits per heavy atom. The van der Waals surface area contributed by atoms with Crippen molar-refractivity contribution in [2.45, 2.75) is 32.2 Å². The Bertz CT molecular complexity index is 984. The maximum Gasteiger partial charge on any atom is 0.264 e. The molecular weight excluding hydrogens is 390 g/mol. The lowest BCUT2D eigenvalue weighted by atomic mass is 9.69. The predicted molar refractivity (Wildman–Crippen MR) is 109 cm³/mol. The molecule has 4 atom stereocenters. The minimum absolute atomic E-state index is 0.0205. The number of carbonyl (C=O) groups excluding carboxylic acids is 2. The van der Waals surface area contributed by atoms with Gasteiger partial charge in [-0.2, -0.15) is 0 Å². The van der Waals surface area contributed by atoms with E-state index in [0.717, 1.165) is 12.8 Å². The number of allylic oxidation sites excluding steroid dienone is 2. The molecule has 8 nitrogen and oxygen atoms in total. The summed E-state index contributed by atoms with van der Waals surface area (Å²) in [5, 5.41) is 8.04. The van der Waals surface area contributed by atoms with E-state index in [-0.39, 0.29) is 23.4 Å². The molecule has 3 aliphatic rings. The molecular formula is C20H23N5O3S. The van der Waals surface area contributed by atoms with Crippen LogP contribution in [0.5, 0.6) is 0 Å². The van der Waals surface area contributed by atoms with Crippen molar-refractivity contribution < 1.29 is 9.59 Å². The second-order valence-corrected chi connectivity index (χ2v) is 8.55. The summed E-state index contributed by atoms with van der Waals surface area (Å²) in [6.07, 6.45) is 10.4. The highest BCUT2D eigenvalue weighted by Crippen LogP contribution is 2.40. The highest BCUT2D eigenvalue weighted by atomic mass is 32.1. The van der Waals surface area contributed by atoms with Crippen molar-refractivity contribution in [1.82, 2.24) is 25.6 Å². The number of fused-ring (bicyclic) bond motifs is 2. The van der Waals surface area contributed by atoms with Gasteiger partial charge in [0.1, 0.15) is 5.56 Å². The van der Waals surface area contributed by atoms with Gasteiger partial charge in [0, 0.05) is 36.3 Å². The molecule has 2 aromatic rings. The average molecular weight is 414 g/mol. The largest absolute Gasteiger partial charge is 0.354 e. The molecule has 29 heavy (non-hydrogen) atoms. The maximum absolute atomic E-state index is 12.5. The van der Waals surface area contributed by atoms with Crippen molar-refractivity contribution in [3.05, 3.63) is 45.8 Å². The molecule has 2 bridgehead atoms. The van der Waals surface area contributed by atoms with Crippen molar-refractivity contribution in [1.29, 1.82) is 0 Å². The van der Waals surface area contributed by atoms with E-state index in [4.69, 9.17) is 0 Å². The molecule has 9 heteroatoms. The van der Waals surface area contributed by atoms with Gasteiger partial charge in [-0.3, -0.25) is 14.4 Å². The zero-order valence-corrected chi connectivity index (χ0v) is 16.9. The summed E-state index contributed by atoms with van der Waals surface area (Å²) in [4.78, 5) is 48.0. The smallest absolute Gasteiger partial charge is 0.264 e. The fraction of sp³-hybridized carbons (Fsp3) is 0.450. The molecule has 3 aliphatic carbocycles. The number of H-pyrrole nitrogens is 1. The first-order chi connectivity index (χ1) is 14.0. The third-order valence-electron chi connectivity index (χ3n) is 5.55. The summed E-state index contributed by atoms with van der Waals surface area (Å²) in [7, 11) is 0. The zero-order chi connectivity index (χ0) is 20.4. The first-order valence-corrected chi connectivity index (χ1v) is 10.7. The van der Waals surface area contributed by atoms with Crippen LogP contribution in [0.4, 0.5) is 0 Å². The first-order valence-electron chi connectivity index (χ1n) is 9.77. The number of thiazole rings is 1. The SMILES string of the molecule is C[C@H](CNC(=O)[C@@H]1C[C@@H]2C=C[C@H]1CC2)NC(=O)c1cnc(-c2nccs2)[nH]c1=O. The molecule has 0 aliphatic heterocycles. The molecule has 5 rings (SSSR count). The number of aromatic amines is 1. The molecule has 152 valence electrons. The monoisotopic (exact) mass is 413 g/mol. The van der Waals surface area contributed by atoms with Crippen molar-refractivity contribution >= 4 is 23.2 Å². The number of rotatable bonds is 6. The van der Waals surface area contributed by atoms with Crippen LogP contribution >= 0.6 is 11.3 Å². The molecule has 1 saturated carbocycles. The zero-order valence-electron chi connectivity index (χ0n) is 16.1. The highest BCUT2D eigenvalue weighted by molar-refractivity contribution is 7.12. The Hall–Kier alpha value is -2.81. The molecule has 0 saturated heterocycles. The molecule has 0 aromatic carbocycles. The number of amides is 2. The Morgan fingerprint density at radius 3 is 2.79 bits per heavy atom. The van der Waals surface area contributed by atoms with Crippen molar-refractivity contribution in [2.75, 3.05) is 6.54 Å². The predicted octanol–water partition coefficient (Wildman–Crippen LogP) is 1.73. The van der Waals surface area contributed by atoms with E-state index in [9.17, 15) is 14.4 Å². The third-order valence-corrected chi connectivity index (χ3v) is 6.33. The van der Waals surface area contributed by atoms with Gasteiger partial charge in [-0.15, -0.1) is 11.3 Å². The lowest BCUT2D eigenvalue weighted by molar-refractivity contribution is -0.127. The van der Waals surface area contributed by atoms with E-state index < -0.39 is 11.5 Å². The lowest BCUT2D eigenvalue weighted by Gasteiger charge is -2.37. The summed E-state index contributed by atoms with van der Waals surface area (Å²) in [6.45, 7) is 2.10. The van der Waals surface area contributed by atoms with Crippen LogP contribution in [-0.2, 0) is 4.79 Å². The molecule has 2 heterocycles. The summed E-state index contributed by atoms with van der Waals surface area (Å²) >= 11 is 1.35. The first kappa shape index (κ1) is 19.5. The Labute approximate surface area is 171 Å². The normalized spacial score (nSPS) is 23.6. The summed E-state index contributed by atoms with van der Waals surface area (Å²) in [5.41, 5.74) is -0.595. The van der Waals surface area contributed by atoms with Gasteiger partial charge in [0.25, 0.3) is 11.5 Å². The molecule has 0 spiro atoms. The number of nitrogens with one attached hydrogen (secondary N) is 3. The number of carbonyl (C=O) groups is 2. The molecule has 3 N–H and O–H groups in total. The molecule has 0 radical (unpaired) electrons. The van der Waals surface area contributed by atoms with Gasteiger partial charge in [0.2, 0.25) is 5.91 Å². The average Bonchev–Trinajstić information content (AvgIpc) is 3.27. The fourth-order valence-corrected chi connectivity index (χ4v) is 4.56. The van der Waals surface area contributed by atoms with Gasteiger partial charge in [-0.1, -0.05) is 12.2 Å². The van der Waals surface area contributed by atoms with Crippen molar-refractivity contribution in [3.8, 4) is 10.8 Å². The van der Waals surface area contributed by atoms with Crippen molar-refractivity contribution in [2.24, 2.45) is 17.8 Å². The topological polar surface area (TPSA) is 117 Å². The molecule has 2 amide bonds. The van der Waals surface area contributed by atoms with Gasteiger partial charge in [-0.25, -0.2) is 9.97 Å². The summed E-state index contributed by atoms with van der Waals surface area (Å²) < 4.78 is 0. The van der Waals surface area contributed by atoms with Crippen molar-refractivity contribution in [3.63, 3.8) is 0 Å². The number of hydrogen-bond acceptors (Lipinski definition) is 6. The van der Waals surface area contributed by atoms with Crippen LogP contribution in [0.25, 0.3) is 10.8 Å². The minimum Gasteiger partial charge on any atom is -0.354 e. The van der Waals surface area contributed by atoms with Crippen LogP contribution in [0, 0.1) is 17.8 Å². The quantitative estimate of drug-likeness (QED) is 0.624. The molecule has 0 unspecified atom stereocenters. The minimum atomic E-state index is -0.524. The van der Waals surface area contributed by atoms with Crippen LogP contribution in [0.2, 0.25) is 0 Å².